The molecular weight excluding hydrogens is 528 g/mol. The van der Waals surface area contributed by atoms with E-state index in [1.165, 1.54) is 5.56 Å². The van der Waals surface area contributed by atoms with Crippen molar-refractivity contribution in [2.45, 2.75) is 19.3 Å². The second-order valence-corrected chi connectivity index (χ2v) is 10.9. The number of anilines is 1. The van der Waals surface area contributed by atoms with Gasteiger partial charge in [-0.05, 0) is 53.6 Å². The Morgan fingerprint density at radius 2 is 1.50 bits per heavy atom. The van der Waals surface area contributed by atoms with Crippen LogP contribution in [0, 0.1) is 0 Å². The Balaban J connectivity index is 1.02. The average molecular weight is 561 g/mol. The van der Waals surface area contributed by atoms with E-state index in [1.807, 2.05) is 82.6 Å². The predicted octanol–water partition coefficient (Wildman–Crippen LogP) is 5.14. The summed E-state index contributed by atoms with van der Waals surface area (Å²) < 4.78 is 11.0. The molecule has 8 nitrogen and oxygen atoms in total. The molecule has 1 N–H and O–H groups in total. The number of fused-ring (bicyclic) bond motifs is 2. The lowest BCUT2D eigenvalue weighted by Gasteiger charge is -2.34. The van der Waals surface area contributed by atoms with Gasteiger partial charge in [-0.2, -0.15) is 0 Å². The Labute approximate surface area is 245 Å². The lowest BCUT2D eigenvalue weighted by Crippen LogP contribution is -2.48. The smallest absolute Gasteiger partial charge is 0.256 e. The van der Waals surface area contributed by atoms with Gasteiger partial charge in [0, 0.05) is 61.6 Å². The number of amides is 2. The lowest BCUT2D eigenvalue weighted by atomic mass is 10.1. The van der Waals surface area contributed by atoms with E-state index < -0.39 is 0 Å². The van der Waals surface area contributed by atoms with Crippen molar-refractivity contribution in [1.29, 1.82) is 0 Å². The normalized spacial score (nSPS) is 17.8. The summed E-state index contributed by atoms with van der Waals surface area (Å²) in [5, 5.41) is 3.54. The van der Waals surface area contributed by atoms with E-state index in [2.05, 4.69) is 34.5 Å². The van der Waals surface area contributed by atoms with Crippen LogP contribution in [0.3, 0.4) is 0 Å². The van der Waals surface area contributed by atoms with E-state index in [9.17, 15) is 9.59 Å². The Morgan fingerprint density at radius 1 is 0.762 bits per heavy atom. The third-order valence-corrected chi connectivity index (χ3v) is 8.19. The molecule has 1 fully saturated rings. The molecule has 4 aromatic carbocycles. The Hall–Kier alpha value is -4.82. The van der Waals surface area contributed by atoms with Crippen LogP contribution in [-0.2, 0) is 13.1 Å². The second-order valence-electron chi connectivity index (χ2n) is 10.9. The highest BCUT2D eigenvalue weighted by atomic mass is 16.7. The van der Waals surface area contributed by atoms with Crippen LogP contribution < -0.4 is 14.8 Å². The monoisotopic (exact) mass is 560 g/mol. The molecule has 3 aliphatic rings. The largest absolute Gasteiger partial charge is 0.454 e. The number of rotatable bonds is 7. The van der Waals surface area contributed by atoms with Crippen molar-refractivity contribution in [3.63, 3.8) is 0 Å². The number of carbonyl (C=O) groups is 2. The molecule has 0 saturated carbocycles. The summed E-state index contributed by atoms with van der Waals surface area (Å²) in [5.74, 6) is 1.43. The Bertz CT molecular complexity index is 1600. The van der Waals surface area contributed by atoms with Crippen molar-refractivity contribution in [3.05, 3.63) is 125 Å². The molecule has 1 atom stereocenters. The van der Waals surface area contributed by atoms with Gasteiger partial charge in [0.15, 0.2) is 11.5 Å². The number of hydrogen-bond donors (Lipinski definition) is 1. The Kier molecular flexibility index (Phi) is 6.97. The zero-order valence-electron chi connectivity index (χ0n) is 23.2. The standard InChI is InChI=1S/C34H32N4O4/c39-33(37-18-16-36(17-19-37)21-24-6-2-1-3-7-24)26-11-13-27(14-12-26)35-32-28-8-4-5-9-29(28)34(40)38(32)22-25-10-15-30-31(20-25)42-23-41-30/h1-15,20,32,35H,16-19,21-23H2/t32-/m1/s1. The summed E-state index contributed by atoms with van der Waals surface area (Å²) in [4.78, 5) is 32.9. The minimum absolute atomic E-state index is 0.0287. The molecule has 7 rings (SSSR count). The number of piperazine rings is 1. The van der Waals surface area contributed by atoms with Gasteiger partial charge < -0.3 is 24.6 Å². The van der Waals surface area contributed by atoms with Gasteiger partial charge in [0.1, 0.15) is 6.17 Å². The molecule has 0 unspecified atom stereocenters. The van der Waals surface area contributed by atoms with E-state index in [0.717, 1.165) is 36.4 Å². The van der Waals surface area contributed by atoms with Crippen molar-refractivity contribution < 1.29 is 19.1 Å². The van der Waals surface area contributed by atoms with Gasteiger partial charge in [-0.1, -0.05) is 54.6 Å². The van der Waals surface area contributed by atoms with E-state index in [1.54, 1.807) is 0 Å². The van der Waals surface area contributed by atoms with Crippen LogP contribution in [-0.4, -0.2) is 59.5 Å². The molecule has 0 radical (unpaired) electrons. The van der Waals surface area contributed by atoms with Crippen molar-refractivity contribution in [2.24, 2.45) is 0 Å². The average Bonchev–Trinajstić information content (AvgIpc) is 3.61. The number of benzene rings is 4. The molecule has 0 aromatic heterocycles. The molecule has 2 amide bonds. The first-order valence-electron chi connectivity index (χ1n) is 14.3. The van der Waals surface area contributed by atoms with Crippen LogP contribution in [0.4, 0.5) is 5.69 Å². The van der Waals surface area contributed by atoms with Crippen LogP contribution in [0.15, 0.2) is 97.1 Å². The van der Waals surface area contributed by atoms with E-state index in [4.69, 9.17) is 9.47 Å². The molecule has 212 valence electrons. The lowest BCUT2D eigenvalue weighted by molar-refractivity contribution is 0.0628. The molecular formula is C34H32N4O4. The fourth-order valence-corrected chi connectivity index (χ4v) is 5.92. The first kappa shape index (κ1) is 26.1. The maximum atomic E-state index is 13.5. The van der Waals surface area contributed by atoms with Gasteiger partial charge in [0.25, 0.3) is 11.8 Å². The molecule has 4 aromatic rings. The van der Waals surface area contributed by atoms with Gasteiger partial charge in [-0.25, -0.2) is 0 Å². The van der Waals surface area contributed by atoms with Gasteiger partial charge in [-0.15, -0.1) is 0 Å². The third kappa shape index (κ3) is 5.17. The third-order valence-electron chi connectivity index (χ3n) is 8.19. The molecule has 1 saturated heterocycles. The zero-order chi connectivity index (χ0) is 28.5. The van der Waals surface area contributed by atoms with Crippen LogP contribution in [0.1, 0.15) is 43.6 Å². The van der Waals surface area contributed by atoms with Crippen LogP contribution >= 0.6 is 0 Å². The van der Waals surface area contributed by atoms with Crippen molar-refractivity contribution in [1.82, 2.24) is 14.7 Å². The van der Waals surface area contributed by atoms with Crippen molar-refractivity contribution in [2.75, 3.05) is 38.3 Å². The predicted molar refractivity (Wildman–Crippen MR) is 159 cm³/mol. The molecule has 3 aliphatic heterocycles. The summed E-state index contributed by atoms with van der Waals surface area (Å²) in [7, 11) is 0. The van der Waals surface area contributed by atoms with Crippen LogP contribution in [0.2, 0.25) is 0 Å². The molecule has 0 bridgehead atoms. The van der Waals surface area contributed by atoms with Crippen molar-refractivity contribution >= 4 is 17.5 Å². The topological polar surface area (TPSA) is 74.3 Å². The number of hydrogen-bond acceptors (Lipinski definition) is 6. The van der Waals surface area contributed by atoms with E-state index in [0.29, 0.717) is 42.3 Å². The molecule has 8 heteroatoms. The summed E-state index contributed by atoms with van der Waals surface area (Å²) in [6.07, 6.45) is -0.349. The van der Waals surface area contributed by atoms with Gasteiger partial charge in [-0.3, -0.25) is 14.5 Å². The van der Waals surface area contributed by atoms with Crippen LogP contribution in [0.25, 0.3) is 0 Å². The van der Waals surface area contributed by atoms with Gasteiger partial charge in [0.05, 0.1) is 0 Å². The second kappa shape index (κ2) is 11.2. The summed E-state index contributed by atoms with van der Waals surface area (Å²) in [5.41, 5.74) is 5.37. The minimum atomic E-state index is -0.349. The maximum absolute atomic E-state index is 13.5. The van der Waals surface area contributed by atoms with Gasteiger partial charge in [0.2, 0.25) is 6.79 Å². The van der Waals surface area contributed by atoms with Crippen LogP contribution in [0.5, 0.6) is 11.5 Å². The van der Waals surface area contributed by atoms with Gasteiger partial charge >= 0.3 is 0 Å². The highest BCUT2D eigenvalue weighted by molar-refractivity contribution is 5.99. The molecule has 3 heterocycles. The van der Waals surface area contributed by atoms with E-state index in [-0.39, 0.29) is 24.8 Å². The Morgan fingerprint density at radius 3 is 2.31 bits per heavy atom. The molecule has 0 spiro atoms. The SMILES string of the molecule is O=C(c1ccc(N[C@H]2c3ccccc3C(=O)N2Cc2ccc3c(c2)OCO3)cc1)N1CCN(Cc2ccccc2)CC1. The first-order chi connectivity index (χ1) is 20.6. The quantitative estimate of drug-likeness (QED) is 0.338. The molecule has 0 aliphatic carbocycles. The fourth-order valence-electron chi connectivity index (χ4n) is 5.92. The minimum Gasteiger partial charge on any atom is -0.454 e. The number of carbonyl (C=O) groups excluding carboxylic acids is 2. The molecule has 42 heavy (non-hydrogen) atoms. The number of nitrogens with one attached hydrogen (secondary N) is 1. The number of ether oxygens (including phenoxy) is 2. The first-order valence-corrected chi connectivity index (χ1v) is 14.3. The zero-order valence-corrected chi connectivity index (χ0v) is 23.2. The maximum Gasteiger partial charge on any atom is 0.256 e. The van der Waals surface area contributed by atoms with E-state index >= 15 is 0 Å². The summed E-state index contributed by atoms with van der Waals surface area (Å²) >= 11 is 0. The fraction of sp³-hybridized carbons (Fsp3) is 0.235. The highest BCUT2D eigenvalue weighted by Gasteiger charge is 2.36. The highest BCUT2D eigenvalue weighted by Crippen LogP contribution is 2.38. The van der Waals surface area contributed by atoms with Crippen molar-refractivity contribution in [3.8, 4) is 11.5 Å². The summed E-state index contributed by atoms with van der Waals surface area (Å²) in [6.45, 7) is 4.66. The number of nitrogens with zero attached hydrogens (tertiary/aromatic N) is 3. The summed E-state index contributed by atoms with van der Waals surface area (Å²) in [6, 6.07) is 31.5.